The molecule has 1 atom stereocenters. The Hall–Kier alpha value is -2.80. The molecule has 3 rings (SSSR count). The third kappa shape index (κ3) is 7.60. The highest BCUT2D eigenvalue weighted by Crippen LogP contribution is 2.46. The molecule has 0 spiro atoms. The monoisotopic (exact) mass is 536 g/mol. The van der Waals surface area contributed by atoms with Crippen LogP contribution in [0.15, 0.2) is 35.5 Å². The van der Waals surface area contributed by atoms with E-state index in [-0.39, 0.29) is 4.65 Å². The van der Waals surface area contributed by atoms with Crippen molar-refractivity contribution >= 4 is 44.2 Å². The number of aliphatic imine (C=N–C) groups is 1. The topological polar surface area (TPSA) is 144 Å². The molecule has 1 unspecified atom stereocenters. The second-order valence-corrected chi connectivity index (χ2v) is 11.1. The molecular weight excluding hydrogens is 498 g/mol. The predicted octanol–water partition coefficient (Wildman–Crippen LogP) is 3.71. The lowest BCUT2D eigenvalue weighted by molar-refractivity contribution is -0.576. The molecule has 2 aromatic rings. The molecule has 1 amide bonds. The number of carboxylic acid groups (broad SMARTS) is 1. The Kier molecular flexibility index (Phi) is 10.2. The van der Waals surface area contributed by atoms with Gasteiger partial charge < -0.3 is 15.6 Å². The Balaban J connectivity index is 1.82. The first kappa shape index (κ1) is 28.8. The third-order valence-corrected chi connectivity index (χ3v) is 7.03. The van der Waals surface area contributed by atoms with Gasteiger partial charge in [0, 0.05) is 32.0 Å². The summed E-state index contributed by atoms with van der Waals surface area (Å²) in [5, 5.41) is 24.6. The predicted molar refractivity (Wildman–Crippen MR) is 144 cm³/mol. The fourth-order valence-corrected chi connectivity index (χ4v) is 5.19. The van der Waals surface area contributed by atoms with Crippen molar-refractivity contribution in [1.29, 1.82) is 0 Å². The van der Waals surface area contributed by atoms with E-state index in [1.165, 1.54) is 6.20 Å². The SMILES string of the molecule is CCCC1=Nc2c[n+]([O-])c3ccccc3c2[N+]1(CCCCNS(C)(=O)=O)OCCCCCCNC(=O)O. The van der Waals surface area contributed by atoms with E-state index in [2.05, 4.69) is 17.0 Å². The molecule has 3 N–H and O–H groups in total. The summed E-state index contributed by atoms with van der Waals surface area (Å²) in [6.45, 7) is 3.88. The number of carbonyl (C=O) groups is 1. The molecule has 0 aliphatic carbocycles. The molecule has 1 aromatic carbocycles. The summed E-state index contributed by atoms with van der Waals surface area (Å²) in [6.07, 6.45) is 7.86. The van der Waals surface area contributed by atoms with E-state index in [0.717, 1.165) is 60.0 Å². The number of amidine groups is 1. The molecule has 0 saturated heterocycles. The van der Waals surface area contributed by atoms with Crippen molar-refractivity contribution in [2.45, 2.75) is 58.3 Å². The van der Waals surface area contributed by atoms with Crippen LogP contribution in [0.3, 0.4) is 0 Å². The first-order valence-electron chi connectivity index (χ1n) is 12.9. The molecule has 0 bridgehead atoms. The lowest BCUT2D eigenvalue weighted by Gasteiger charge is -2.32. The van der Waals surface area contributed by atoms with Crippen molar-refractivity contribution in [2.75, 3.05) is 32.5 Å². The molecule has 204 valence electrons. The number of pyridine rings is 1. The zero-order valence-corrected chi connectivity index (χ0v) is 22.4. The van der Waals surface area contributed by atoms with Gasteiger partial charge in [0.05, 0.1) is 6.26 Å². The van der Waals surface area contributed by atoms with Gasteiger partial charge in [-0.3, -0.25) is 0 Å². The van der Waals surface area contributed by atoms with Crippen molar-refractivity contribution in [3.05, 3.63) is 35.7 Å². The van der Waals surface area contributed by atoms with Gasteiger partial charge in [-0.15, -0.1) is 4.65 Å². The number of hydrogen-bond acceptors (Lipinski definition) is 6. The smallest absolute Gasteiger partial charge is 0.404 e. The number of rotatable bonds is 16. The number of amides is 1. The quantitative estimate of drug-likeness (QED) is 0.129. The molecule has 1 aromatic heterocycles. The van der Waals surface area contributed by atoms with Crippen molar-refractivity contribution in [2.24, 2.45) is 4.99 Å². The van der Waals surface area contributed by atoms with E-state index in [1.54, 1.807) is 6.07 Å². The summed E-state index contributed by atoms with van der Waals surface area (Å²) in [6, 6.07) is 7.44. The van der Waals surface area contributed by atoms with Crippen LogP contribution in [0.1, 0.15) is 58.3 Å². The van der Waals surface area contributed by atoms with Gasteiger partial charge in [0.2, 0.25) is 33.3 Å². The number of benzene rings is 1. The van der Waals surface area contributed by atoms with E-state index in [1.807, 2.05) is 18.2 Å². The number of nitrogens with one attached hydrogen (secondary N) is 2. The minimum atomic E-state index is -3.26. The molecular formula is C25H38N5O6S+. The number of nitrogens with zero attached hydrogens (tertiary/aromatic N) is 3. The maximum Gasteiger partial charge on any atom is 0.404 e. The van der Waals surface area contributed by atoms with Gasteiger partial charge in [-0.2, -0.15) is 14.6 Å². The van der Waals surface area contributed by atoms with Gasteiger partial charge in [0.15, 0.2) is 5.69 Å². The molecule has 12 heteroatoms. The number of sulfonamides is 1. The molecule has 1 aliphatic rings. The molecule has 2 heterocycles. The van der Waals surface area contributed by atoms with Crippen LogP contribution in [0.2, 0.25) is 0 Å². The first-order valence-corrected chi connectivity index (χ1v) is 14.7. The summed E-state index contributed by atoms with van der Waals surface area (Å²) < 4.78 is 26.4. The highest BCUT2D eigenvalue weighted by atomic mass is 32.2. The molecule has 37 heavy (non-hydrogen) atoms. The Bertz CT molecular complexity index is 1220. The van der Waals surface area contributed by atoms with Gasteiger partial charge in [0.1, 0.15) is 18.5 Å². The van der Waals surface area contributed by atoms with Gasteiger partial charge in [0.25, 0.3) is 0 Å². The first-order chi connectivity index (χ1) is 17.7. The number of para-hydroxylation sites is 1. The van der Waals surface area contributed by atoms with E-state index in [9.17, 15) is 18.4 Å². The maximum atomic E-state index is 12.7. The second-order valence-electron chi connectivity index (χ2n) is 9.30. The lowest BCUT2D eigenvalue weighted by Crippen LogP contribution is -2.53. The van der Waals surface area contributed by atoms with Crippen molar-refractivity contribution in [3.63, 3.8) is 0 Å². The average molecular weight is 537 g/mol. The fraction of sp³-hybridized carbons (Fsp3) is 0.560. The van der Waals surface area contributed by atoms with Crippen LogP contribution in [-0.2, 0) is 14.9 Å². The van der Waals surface area contributed by atoms with Crippen LogP contribution in [0.4, 0.5) is 16.2 Å². The Labute approximate surface area is 218 Å². The molecule has 0 radical (unpaired) electrons. The normalized spacial score (nSPS) is 17.1. The van der Waals surface area contributed by atoms with E-state index in [0.29, 0.717) is 56.7 Å². The van der Waals surface area contributed by atoms with Gasteiger partial charge >= 0.3 is 6.09 Å². The number of fused-ring (bicyclic) bond motifs is 3. The Morgan fingerprint density at radius 3 is 2.59 bits per heavy atom. The summed E-state index contributed by atoms with van der Waals surface area (Å²) in [5.74, 6) is 0.843. The highest BCUT2D eigenvalue weighted by Gasteiger charge is 2.48. The van der Waals surface area contributed by atoms with Crippen LogP contribution in [-0.4, -0.2) is 58.0 Å². The number of aromatic nitrogens is 1. The number of unbranched alkanes of at least 4 members (excludes halogenated alkanes) is 4. The molecule has 0 fully saturated rings. The summed E-state index contributed by atoms with van der Waals surface area (Å²) in [4.78, 5) is 22.1. The van der Waals surface area contributed by atoms with Gasteiger partial charge in [-0.05, 0) is 31.7 Å². The number of hydroxylamine groups is 2. The third-order valence-electron chi connectivity index (χ3n) is 6.30. The molecule has 0 saturated carbocycles. The van der Waals surface area contributed by atoms with Crippen molar-refractivity contribution in [3.8, 4) is 0 Å². The minimum Gasteiger partial charge on any atom is -0.618 e. The van der Waals surface area contributed by atoms with E-state index < -0.39 is 16.1 Å². The van der Waals surface area contributed by atoms with Crippen LogP contribution in [0, 0.1) is 5.21 Å². The average Bonchev–Trinajstić information content (AvgIpc) is 3.13. The summed E-state index contributed by atoms with van der Waals surface area (Å²) >= 11 is 0. The van der Waals surface area contributed by atoms with Gasteiger partial charge in [-0.1, -0.05) is 31.9 Å². The summed E-state index contributed by atoms with van der Waals surface area (Å²) in [5.41, 5.74) is 2.00. The summed E-state index contributed by atoms with van der Waals surface area (Å²) in [7, 11) is -3.26. The largest absolute Gasteiger partial charge is 0.618 e. The maximum absolute atomic E-state index is 12.7. The molecule has 1 aliphatic heterocycles. The van der Waals surface area contributed by atoms with Crippen molar-refractivity contribution in [1.82, 2.24) is 14.7 Å². The zero-order chi connectivity index (χ0) is 26.9. The zero-order valence-electron chi connectivity index (χ0n) is 21.6. The number of hydrogen-bond donors (Lipinski definition) is 3. The van der Waals surface area contributed by atoms with Gasteiger partial charge in [-0.25, -0.2) is 17.9 Å². The Morgan fingerprint density at radius 1 is 1.14 bits per heavy atom. The lowest BCUT2D eigenvalue weighted by atomic mass is 10.1. The Morgan fingerprint density at radius 2 is 1.86 bits per heavy atom. The van der Waals surface area contributed by atoms with Crippen LogP contribution >= 0.6 is 0 Å². The van der Waals surface area contributed by atoms with Crippen LogP contribution < -0.4 is 19.4 Å². The van der Waals surface area contributed by atoms with Crippen LogP contribution in [0.5, 0.6) is 0 Å². The fourth-order valence-electron chi connectivity index (χ4n) is 4.67. The standard InChI is InChI=1S/C25H37N5O6S/c1-3-12-23-28-21-19-29(33)22-14-7-6-13-20(22)24(21)30(23,17-10-9-16-27-37(2,34)35)36-18-11-5-4-8-15-26-25(31)32/h6-7,13-14,19,26-27H,3-5,8-12,15-18H2,1-2H3/p+1. The number of quaternary nitrogens is 1. The minimum absolute atomic E-state index is 0.101. The van der Waals surface area contributed by atoms with E-state index >= 15 is 0 Å². The molecule has 11 nitrogen and oxygen atoms in total. The van der Waals surface area contributed by atoms with E-state index in [4.69, 9.17) is 14.9 Å². The second kappa shape index (κ2) is 13.1. The highest BCUT2D eigenvalue weighted by molar-refractivity contribution is 7.88. The van der Waals surface area contributed by atoms with Crippen molar-refractivity contribution < 1.29 is 27.9 Å². The van der Waals surface area contributed by atoms with Crippen LogP contribution in [0.25, 0.3) is 10.9 Å².